The van der Waals surface area contributed by atoms with Crippen LogP contribution in [0.4, 0.5) is 0 Å². The fraction of sp³-hybridized carbons (Fsp3) is 0.700. The molecule has 1 aromatic heterocycles. The van der Waals surface area contributed by atoms with Gasteiger partial charge in [0.25, 0.3) is 5.91 Å². The molecule has 1 aromatic rings. The fourth-order valence-electron chi connectivity index (χ4n) is 3.64. The van der Waals surface area contributed by atoms with Crippen LogP contribution < -0.4 is 10.7 Å². The lowest BCUT2D eigenvalue weighted by Crippen LogP contribution is -2.58. The molecule has 0 aromatic carbocycles. The number of amides is 2. The second-order valence-corrected chi connectivity index (χ2v) is 7.21. The predicted molar refractivity (Wildman–Crippen MR) is 106 cm³/mol. The number of unbranched alkanes of at least 4 members (excludes halogenated alkanes) is 1. The molecule has 0 aliphatic heterocycles. The first-order chi connectivity index (χ1) is 13.7. The number of carbonyl (C=O) groups excluding carboxylic acids is 2. The van der Waals surface area contributed by atoms with Gasteiger partial charge in [0.1, 0.15) is 11.7 Å². The number of hydrogen-bond donors (Lipinski definition) is 2. The van der Waals surface area contributed by atoms with Gasteiger partial charge in [-0.1, -0.05) is 32.6 Å². The summed E-state index contributed by atoms with van der Waals surface area (Å²) in [4.78, 5) is 33.8. The number of ether oxygens (including phenoxy) is 1. The van der Waals surface area contributed by atoms with E-state index < -0.39 is 6.04 Å². The number of hydrogen-bond acceptors (Lipinski definition) is 6. The zero-order valence-electron chi connectivity index (χ0n) is 17.0. The van der Waals surface area contributed by atoms with Crippen molar-refractivity contribution in [1.82, 2.24) is 25.7 Å². The van der Waals surface area contributed by atoms with Crippen molar-refractivity contribution in [2.75, 3.05) is 26.8 Å². The summed E-state index contributed by atoms with van der Waals surface area (Å²) in [5, 5.41) is 4.78. The Morgan fingerprint density at radius 2 is 2.07 bits per heavy atom. The Hall–Kier alpha value is -2.06. The van der Waals surface area contributed by atoms with E-state index >= 15 is 0 Å². The van der Waals surface area contributed by atoms with Gasteiger partial charge in [0.05, 0.1) is 12.8 Å². The van der Waals surface area contributed by atoms with Crippen molar-refractivity contribution in [3.8, 4) is 0 Å². The molecule has 156 valence electrons. The maximum Gasteiger partial charge on any atom is 0.285 e. The van der Waals surface area contributed by atoms with Crippen LogP contribution in [-0.2, 0) is 9.53 Å². The molecule has 0 unspecified atom stereocenters. The Kier molecular flexibility index (Phi) is 9.85. The number of nitrogens with zero attached hydrogens (tertiary/aromatic N) is 3. The highest BCUT2D eigenvalue weighted by Gasteiger charge is 2.35. The zero-order valence-corrected chi connectivity index (χ0v) is 17.0. The number of rotatable bonds is 11. The van der Waals surface area contributed by atoms with Crippen LogP contribution in [0.2, 0.25) is 0 Å². The van der Waals surface area contributed by atoms with E-state index in [1.807, 2.05) is 5.01 Å². The third-order valence-electron chi connectivity index (χ3n) is 5.10. The van der Waals surface area contributed by atoms with E-state index in [9.17, 15) is 9.59 Å². The lowest BCUT2D eigenvalue weighted by molar-refractivity contribution is -0.130. The van der Waals surface area contributed by atoms with E-state index in [4.69, 9.17) is 4.74 Å². The van der Waals surface area contributed by atoms with Gasteiger partial charge in [-0.25, -0.2) is 9.99 Å². The summed E-state index contributed by atoms with van der Waals surface area (Å²) in [7, 11) is 1.61. The van der Waals surface area contributed by atoms with Gasteiger partial charge in [-0.05, 0) is 25.2 Å². The Morgan fingerprint density at radius 1 is 1.29 bits per heavy atom. The molecule has 1 aliphatic rings. The van der Waals surface area contributed by atoms with Crippen molar-refractivity contribution >= 4 is 11.8 Å². The van der Waals surface area contributed by atoms with Crippen molar-refractivity contribution in [2.24, 2.45) is 5.92 Å². The summed E-state index contributed by atoms with van der Waals surface area (Å²) in [6.45, 7) is 3.63. The molecule has 1 saturated carbocycles. The molecule has 0 saturated heterocycles. The van der Waals surface area contributed by atoms with Gasteiger partial charge in [0.15, 0.2) is 0 Å². The van der Waals surface area contributed by atoms with E-state index in [1.54, 1.807) is 7.11 Å². The quantitative estimate of drug-likeness (QED) is 0.442. The van der Waals surface area contributed by atoms with E-state index in [0.29, 0.717) is 19.7 Å². The Bertz CT molecular complexity index is 593. The minimum atomic E-state index is -0.399. The molecule has 1 aliphatic carbocycles. The average molecular weight is 392 g/mol. The largest absolute Gasteiger partial charge is 0.383 e. The van der Waals surface area contributed by atoms with E-state index in [-0.39, 0.29) is 23.4 Å². The first-order valence-electron chi connectivity index (χ1n) is 10.3. The molecule has 1 fully saturated rings. The summed E-state index contributed by atoms with van der Waals surface area (Å²) in [6.07, 6.45) is 11.7. The zero-order chi connectivity index (χ0) is 20.2. The van der Waals surface area contributed by atoms with Gasteiger partial charge in [0.2, 0.25) is 5.91 Å². The summed E-state index contributed by atoms with van der Waals surface area (Å²) in [6, 6.07) is -0.399. The highest BCUT2D eigenvalue weighted by atomic mass is 16.5. The second-order valence-electron chi connectivity index (χ2n) is 7.21. The van der Waals surface area contributed by atoms with Crippen molar-refractivity contribution in [2.45, 2.75) is 57.9 Å². The third kappa shape index (κ3) is 6.83. The maximum absolute atomic E-state index is 13.1. The number of carbonyl (C=O) groups is 2. The van der Waals surface area contributed by atoms with Crippen LogP contribution in [0.25, 0.3) is 0 Å². The third-order valence-corrected chi connectivity index (χ3v) is 5.10. The monoisotopic (exact) mass is 391 g/mol. The van der Waals surface area contributed by atoms with Crippen LogP contribution in [0.15, 0.2) is 18.6 Å². The first kappa shape index (κ1) is 22.2. The average Bonchev–Trinajstić information content (AvgIpc) is 2.73. The van der Waals surface area contributed by atoms with Crippen molar-refractivity contribution < 1.29 is 14.3 Å². The molecule has 2 N–H and O–H groups in total. The molecular weight excluding hydrogens is 358 g/mol. The van der Waals surface area contributed by atoms with Crippen LogP contribution in [0.1, 0.15) is 62.4 Å². The van der Waals surface area contributed by atoms with Crippen LogP contribution in [0, 0.1) is 5.92 Å². The lowest BCUT2D eigenvalue weighted by Gasteiger charge is -2.37. The molecule has 0 bridgehead atoms. The van der Waals surface area contributed by atoms with Crippen LogP contribution >= 0.6 is 0 Å². The molecule has 8 nitrogen and oxygen atoms in total. The molecule has 28 heavy (non-hydrogen) atoms. The normalized spacial score (nSPS) is 16.0. The minimum absolute atomic E-state index is 0.0560. The molecule has 2 amide bonds. The number of aromatic nitrogens is 2. The molecular formula is C20H33N5O3. The van der Waals surface area contributed by atoms with Crippen molar-refractivity contribution in [3.05, 3.63) is 24.3 Å². The van der Waals surface area contributed by atoms with E-state index in [0.717, 1.165) is 38.5 Å². The van der Waals surface area contributed by atoms with Gasteiger partial charge in [0, 0.05) is 32.6 Å². The summed E-state index contributed by atoms with van der Waals surface area (Å²) >= 11 is 0. The van der Waals surface area contributed by atoms with Gasteiger partial charge >= 0.3 is 0 Å². The lowest BCUT2D eigenvalue weighted by atomic mass is 9.83. The molecule has 2 rings (SSSR count). The summed E-state index contributed by atoms with van der Waals surface area (Å²) < 4.78 is 5.05. The molecule has 1 atom stereocenters. The van der Waals surface area contributed by atoms with Crippen molar-refractivity contribution in [1.29, 1.82) is 0 Å². The van der Waals surface area contributed by atoms with E-state index in [2.05, 4.69) is 27.6 Å². The van der Waals surface area contributed by atoms with Crippen LogP contribution in [0.3, 0.4) is 0 Å². The standard InChI is InChI=1S/C20H33N5O3/c1-3-4-13-25(24-19(26)17-15-21-10-11-22-17)18(16-8-6-5-7-9-16)20(27)23-12-14-28-2/h10-11,15-16,18H,3-9,12-14H2,1-2H3,(H,23,27)(H,24,26)/t18-/m0/s1. The number of methoxy groups -OCH3 is 1. The highest BCUT2D eigenvalue weighted by molar-refractivity contribution is 5.92. The van der Waals surface area contributed by atoms with E-state index in [1.165, 1.54) is 25.0 Å². The fourth-order valence-corrected chi connectivity index (χ4v) is 3.64. The van der Waals surface area contributed by atoms with Gasteiger partial charge in [-0.2, -0.15) is 0 Å². The summed E-state index contributed by atoms with van der Waals surface area (Å²) in [5.41, 5.74) is 3.18. The van der Waals surface area contributed by atoms with Gasteiger partial charge < -0.3 is 10.1 Å². The number of hydrazine groups is 1. The first-order valence-corrected chi connectivity index (χ1v) is 10.3. The van der Waals surface area contributed by atoms with Crippen LogP contribution in [-0.4, -0.2) is 59.6 Å². The Labute approximate surface area is 167 Å². The number of nitrogens with one attached hydrogen (secondary N) is 2. The maximum atomic E-state index is 13.1. The SMILES string of the molecule is CCCCN(NC(=O)c1cnccn1)[C@H](C(=O)NCCOC)C1CCCCC1. The molecule has 0 spiro atoms. The highest BCUT2D eigenvalue weighted by Crippen LogP contribution is 2.29. The van der Waals surface area contributed by atoms with Crippen molar-refractivity contribution in [3.63, 3.8) is 0 Å². The molecule has 8 heteroatoms. The van der Waals surface area contributed by atoms with Crippen LogP contribution in [0.5, 0.6) is 0 Å². The smallest absolute Gasteiger partial charge is 0.285 e. The molecule has 1 heterocycles. The summed E-state index contributed by atoms with van der Waals surface area (Å²) in [5.74, 6) is -0.176. The Morgan fingerprint density at radius 3 is 2.71 bits per heavy atom. The second kappa shape index (κ2) is 12.4. The topological polar surface area (TPSA) is 96.5 Å². The minimum Gasteiger partial charge on any atom is -0.383 e. The Balaban J connectivity index is 2.18. The van der Waals surface area contributed by atoms with Gasteiger partial charge in [-0.3, -0.25) is 20.0 Å². The van der Waals surface area contributed by atoms with Gasteiger partial charge in [-0.15, -0.1) is 0 Å². The predicted octanol–water partition coefficient (Wildman–Crippen LogP) is 1.93. The molecule has 0 radical (unpaired) electrons.